The Hall–Kier alpha value is -6.33. The Kier molecular flexibility index (Phi) is 6.06. The first-order valence-corrected chi connectivity index (χ1v) is 15.4. The first kappa shape index (κ1) is 26.1. The van der Waals surface area contributed by atoms with Crippen LogP contribution in [-0.2, 0) is 0 Å². The lowest BCUT2D eigenvalue weighted by molar-refractivity contribution is 1.07. The van der Waals surface area contributed by atoms with E-state index in [0.29, 0.717) is 17.5 Å². The summed E-state index contributed by atoms with van der Waals surface area (Å²) in [6.07, 6.45) is 2.16. The molecule has 0 saturated heterocycles. The molecule has 0 radical (unpaired) electrons. The smallest absolute Gasteiger partial charge is 0.164 e. The van der Waals surface area contributed by atoms with Gasteiger partial charge in [0.05, 0.1) is 22.1 Å². The molecule has 0 spiro atoms. The molecule has 0 aliphatic carbocycles. The largest absolute Gasteiger partial charge is 0.314 e. The number of benzene rings is 5. The van der Waals surface area contributed by atoms with Crippen molar-refractivity contribution in [2.75, 3.05) is 0 Å². The number of pyridine rings is 1. The number of hydrogen-bond acceptors (Lipinski definition) is 3. The number of nitrogens with zero attached hydrogens (tertiary/aromatic N) is 5. The predicted molar refractivity (Wildman–Crippen MR) is 187 cm³/mol. The van der Waals surface area contributed by atoms with Crippen molar-refractivity contribution < 1.29 is 0 Å². The zero-order chi connectivity index (χ0) is 30.5. The van der Waals surface area contributed by atoms with Gasteiger partial charge in [0.1, 0.15) is 0 Å². The number of aromatic nitrogens is 5. The van der Waals surface area contributed by atoms with Gasteiger partial charge in [0, 0.05) is 39.5 Å². The van der Waals surface area contributed by atoms with Crippen LogP contribution in [-0.4, -0.2) is 23.9 Å². The van der Waals surface area contributed by atoms with Gasteiger partial charge in [-0.3, -0.25) is 0 Å². The molecular formula is C41H27N5. The van der Waals surface area contributed by atoms with Crippen molar-refractivity contribution in [1.82, 2.24) is 23.9 Å². The van der Waals surface area contributed by atoms with Gasteiger partial charge >= 0.3 is 0 Å². The molecule has 0 N–H and O–H groups in total. The summed E-state index contributed by atoms with van der Waals surface area (Å²) in [6.45, 7) is 0. The molecule has 4 aromatic heterocycles. The summed E-state index contributed by atoms with van der Waals surface area (Å²) in [4.78, 5) is 14.9. The molecule has 0 fully saturated rings. The maximum Gasteiger partial charge on any atom is 0.164 e. The maximum atomic E-state index is 5.01. The number of rotatable bonds is 5. The Bertz CT molecular complexity index is 2460. The van der Waals surface area contributed by atoms with E-state index >= 15 is 0 Å². The highest BCUT2D eigenvalue weighted by atomic mass is 15.0. The minimum Gasteiger partial charge on any atom is -0.314 e. The van der Waals surface area contributed by atoms with Crippen LogP contribution in [0.25, 0.3) is 78.4 Å². The van der Waals surface area contributed by atoms with E-state index in [9.17, 15) is 0 Å². The van der Waals surface area contributed by atoms with Gasteiger partial charge < -0.3 is 8.97 Å². The first-order valence-electron chi connectivity index (χ1n) is 15.4. The van der Waals surface area contributed by atoms with Crippen molar-refractivity contribution in [2.24, 2.45) is 0 Å². The van der Waals surface area contributed by atoms with Gasteiger partial charge in [-0.25, -0.2) is 15.0 Å². The molecule has 9 rings (SSSR count). The van der Waals surface area contributed by atoms with Crippen molar-refractivity contribution >= 4 is 27.5 Å². The molecule has 0 aliphatic heterocycles. The van der Waals surface area contributed by atoms with Crippen LogP contribution in [0, 0.1) is 0 Å². The molecule has 5 nitrogen and oxygen atoms in total. The second-order valence-electron chi connectivity index (χ2n) is 11.3. The lowest BCUT2D eigenvalue weighted by atomic mass is 10.0. The maximum absolute atomic E-state index is 5.01. The highest BCUT2D eigenvalue weighted by Gasteiger charge is 2.23. The zero-order valence-corrected chi connectivity index (χ0v) is 24.8. The van der Waals surface area contributed by atoms with Crippen LogP contribution >= 0.6 is 0 Å². The Balaban J connectivity index is 1.32. The van der Waals surface area contributed by atoms with Gasteiger partial charge in [0.2, 0.25) is 0 Å². The molecule has 0 bridgehead atoms. The molecule has 46 heavy (non-hydrogen) atoms. The van der Waals surface area contributed by atoms with Crippen molar-refractivity contribution in [3.8, 4) is 51.0 Å². The molecule has 5 heteroatoms. The van der Waals surface area contributed by atoms with Gasteiger partial charge in [0.15, 0.2) is 17.5 Å². The number of hydrogen-bond donors (Lipinski definition) is 0. The van der Waals surface area contributed by atoms with E-state index in [4.69, 9.17) is 15.0 Å². The zero-order valence-electron chi connectivity index (χ0n) is 24.8. The van der Waals surface area contributed by atoms with E-state index in [-0.39, 0.29) is 0 Å². The Morgan fingerprint density at radius 3 is 1.61 bits per heavy atom. The third kappa shape index (κ3) is 4.21. The number of para-hydroxylation sites is 2. The molecule has 4 heterocycles. The summed E-state index contributed by atoms with van der Waals surface area (Å²) in [5.74, 6) is 1.93. The molecule has 0 unspecified atom stereocenters. The van der Waals surface area contributed by atoms with Crippen molar-refractivity contribution in [2.45, 2.75) is 0 Å². The minimum absolute atomic E-state index is 0.637. The summed E-state index contributed by atoms with van der Waals surface area (Å²) in [7, 11) is 0. The van der Waals surface area contributed by atoms with Gasteiger partial charge in [0.25, 0.3) is 0 Å². The van der Waals surface area contributed by atoms with Crippen LogP contribution in [0.4, 0.5) is 0 Å². The summed E-state index contributed by atoms with van der Waals surface area (Å²) in [5.41, 5.74) is 10.9. The highest BCUT2D eigenvalue weighted by Crippen LogP contribution is 2.43. The van der Waals surface area contributed by atoms with Gasteiger partial charge in [-0.2, -0.15) is 0 Å². The SMILES string of the molecule is c1ccc(-c2nc(-c3ccccc3)nc(-c3cccc(-c4c5c(c6ccccc6n5-c5ccccc5)n5ccccc45)c3)n2)cc1. The van der Waals surface area contributed by atoms with E-state index in [1.54, 1.807) is 0 Å². The monoisotopic (exact) mass is 589 g/mol. The van der Waals surface area contributed by atoms with Crippen LogP contribution in [0.5, 0.6) is 0 Å². The Morgan fingerprint density at radius 1 is 0.391 bits per heavy atom. The Morgan fingerprint density at radius 2 is 0.913 bits per heavy atom. The summed E-state index contributed by atoms with van der Waals surface area (Å²) < 4.78 is 4.71. The van der Waals surface area contributed by atoms with Crippen LogP contribution in [0.2, 0.25) is 0 Å². The molecule has 9 aromatic rings. The van der Waals surface area contributed by atoms with Crippen LogP contribution in [0.3, 0.4) is 0 Å². The average Bonchev–Trinajstić information content (AvgIpc) is 3.65. The second kappa shape index (κ2) is 10.7. The quantitative estimate of drug-likeness (QED) is 0.201. The Labute approximate surface area is 265 Å². The molecule has 0 saturated carbocycles. The van der Waals surface area contributed by atoms with E-state index < -0.39 is 0 Å². The first-order chi connectivity index (χ1) is 22.8. The van der Waals surface area contributed by atoms with E-state index in [0.717, 1.165) is 39.0 Å². The third-order valence-electron chi connectivity index (χ3n) is 8.56. The lowest BCUT2D eigenvalue weighted by Crippen LogP contribution is -2.00. The third-order valence-corrected chi connectivity index (χ3v) is 8.56. The van der Waals surface area contributed by atoms with Crippen molar-refractivity contribution in [3.05, 3.63) is 164 Å². The normalized spacial score (nSPS) is 11.5. The second-order valence-corrected chi connectivity index (χ2v) is 11.3. The fourth-order valence-corrected chi connectivity index (χ4v) is 6.54. The van der Waals surface area contributed by atoms with Gasteiger partial charge in [-0.1, -0.05) is 121 Å². The van der Waals surface area contributed by atoms with Crippen molar-refractivity contribution in [3.63, 3.8) is 0 Å². The molecule has 216 valence electrons. The minimum atomic E-state index is 0.637. The van der Waals surface area contributed by atoms with Crippen molar-refractivity contribution in [1.29, 1.82) is 0 Å². The van der Waals surface area contributed by atoms with Gasteiger partial charge in [-0.05, 0) is 42.0 Å². The van der Waals surface area contributed by atoms with Crippen LogP contribution in [0.15, 0.2) is 164 Å². The molecule has 5 aromatic carbocycles. The summed E-state index contributed by atoms with van der Waals surface area (Å²) in [6, 6.07) is 54.5. The summed E-state index contributed by atoms with van der Waals surface area (Å²) in [5, 5.41) is 1.21. The lowest BCUT2D eigenvalue weighted by Gasteiger charge is -2.11. The fraction of sp³-hybridized carbons (Fsp3) is 0. The van der Waals surface area contributed by atoms with Crippen LogP contribution < -0.4 is 0 Å². The van der Waals surface area contributed by atoms with Crippen LogP contribution in [0.1, 0.15) is 0 Å². The van der Waals surface area contributed by atoms with Gasteiger partial charge in [-0.15, -0.1) is 0 Å². The fourth-order valence-electron chi connectivity index (χ4n) is 6.54. The number of fused-ring (bicyclic) bond motifs is 5. The molecule has 0 aliphatic rings. The average molecular weight is 590 g/mol. The summed E-state index contributed by atoms with van der Waals surface area (Å²) >= 11 is 0. The topological polar surface area (TPSA) is 48.0 Å². The standard InChI is InChI=1S/C41H27N5/c1-4-15-28(16-5-1)39-42-40(29-17-6-2-7-18-29)44-41(43-39)31-20-14-19-30(27-31)36-35-25-12-13-26-45(35)37-33-23-10-11-24-34(33)46(38(36)37)32-21-8-3-9-22-32/h1-27H. The molecule has 0 amide bonds. The van der Waals surface area contributed by atoms with E-state index in [1.165, 1.54) is 21.9 Å². The van der Waals surface area contributed by atoms with E-state index in [2.05, 4.69) is 112 Å². The highest BCUT2D eigenvalue weighted by molar-refractivity contribution is 6.17. The predicted octanol–water partition coefficient (Wildman–Crippen LogP) is 9.89. The molecule has 0 atom stereocenters. The van der Waals surface area contributed by atoms with E-state index in [1.807, 2.05) is 60.7 Å². The molecular weight excluding hydrogens is 562 g/mol.